The molecule has 4 rings (SSSR count). The lowest BCUT2D eigenvalue weighted by molar-refractivity contribution is -0.384. The first-order valence-corrected chi connectivity index (χ1v) is 10.4. The predicted octanol–water partition coefficient (Wildman–Crippen LogP) is 4.45. The maximum atomic E-state index is 12.8. The monoisotopic (exact) mass is 469 g/mol. The van der Waals surface area contributed by atoms with Crippen molar-refractivity contribution >= 4 is 39.0 Å². The number of nitro groups is 1. The lowest BCUT2D eigenvalue weighted by Crippen LogP contribution is -2.20. The Hall–Kier alpha value is -3.20. The molecule has 154 valence electrons. The molecule has 1 aliphatic rings. The van der Waals surface area contributed by atoms with Crippen molar-refractivity contribution in [2.45, 2.75) is 19.4 Å². The molecular formula is C21H20BrN5O3. The molecule has 0 spiro atoms. The van der Waals surface area contributed by atoms with Gasteiger partial charge in [-0.15, -0.1) is 0 Å². The van der Waals surface area contributed by atoms with Crippen molar-refractivity contribution in [1.29, 1.82) is 0 Å². The molecule has 3 aromatic rings. The zero-order valence-electron chi connectivity index (χ0n) is 16.1. The predicted molar refractivity (Wildman–Crippen MR) is 118 cm³/mol. The number of rotatable bonds is 6. The van der Waals surface area contributed by atoms with Gasteiger partial charge < -0.3 is 10.2 Å². The molecule has 1 aliphatic heterocycles. The third-order valence-corrected chi connectivity index (χ3v) is 5.55. The first-order chi connectivity index (χ1) is 14.5. The van der Waals surface area contributed by atoms with Crippen LogP contribution in [0.4, 0.5) is 17.2 Å². The Morgan fingerprint density at radius 3 is 2.70 bits per heavy atom. The van der Waals surface area contributed by atoms with E-state index in [1.807, 2.05) is 29.2 Å². The van der Waals surface area contributed by atoms with Crippen LogP contribution in [0.15, 0.2) is 59.2 Å². The number of amides is 1. The van der Waals surface area contributed by atoms with Crippen molar-refractivity contribution in [2.24, 2.45) is 0 Å². The number of nitrogens with one attached hydrogen (secondary N) is 1. The van der Waals surface area contributed by atoms with Crippen LogP contribution in [0.2, 0.25) is 0 Å². The topological polar surface area (TPSA) is 93.3 Å². The van der Waals surface area contributed by atoms with Crippen molar-refractivity contribution in [1.82, 2.24) is 9.78 Å². The Kier molecular flexibility index (Phi) is 5.80. The summed E-state index contributed by atoms with van der Waals surface area (Å²) < 4.78 is 2.63. The fourth-order valence-corrected chi connectivity index (χ4v) is 4.04. The second kappa shape index (κ2) is 8.66. The van der Waals surface area contributed by atoms with E-state index < -0.39 is 10.8 Å². The van der Waals surface area contributed by atoms with Gasteiger partial charge in [-0.3, -0.25) is 14.9 Å². The summed E-state index contributed by atoms with van der Waals surface area (Å²) in [7, 11) is 0. The molecule has 1 fully saturated rings. The molecule has 0 unspecified atom stereocenters. The third kappa shape index (κ3) is 4.35. The smallest absolute Gasteiger partial charge is 0.293 e. The van der Waals surface area contributed by atoms with E-state index in [4.69, 9.17) is 0 Å². The standard InChI is InChI=1S/C21H20BrN5O3/c22-17-5-3-4-15(12-17)14-26-20(8-9-23-26)24-21(28)16-6-7-18(19(13-16)27(29)30)25-10-1-2-11-25/h3-9,12-13H,1-2,10-11,14H2,(H,24,28). The molecule has 2 aromatic carbocycles. The number of hydrogen-bond acceptors (Lipinski definition) is 5. The van der Waals surface area contributed by atoms with Crippen molar-refractivity contribution in [3.05, 3.63) is 80.4 Å². The van der Waals surface area contributed by atoms with Crippen molar-refractivity contribution in [2.75, 3.05) is 23.3 Å². The number of hydrogen-bond donors (Lipinski definition) is 1. The molecule has 0 atom stereocenters. The van der Waals surface area contributed by atoms with Crippen molar-refractivity contribution in [3.8, 4) is 0 Å². The molecule has 0 saturated carbocycles. The molecule has 0 aliphatic carbocycles. The van der Waals surface area contributed by atoms with Crippen LogP contribution in [0.3, 0.4) is 0 Å². The van der Waals surface area contributed by atoms with Crippen LogP contribution in [0.1, 0.15) is 28.8 Å². The van der Waals surface area contributed by atoms with Crippen LogP contribution in [0.25, 0.3) is 0 Å². The van der Waals surface area contributed by atoms with Gasteiger partial charge in [-0.2, -0.15) is 5.10 Å². The molecule has 8 nitrogen and oxygen atoms in total. The number of benzene rings is 2. The SMILES string of the molecule is O=C(Nc1ccnn1Cc1cccc(Br)c1)c1ccc(N2CCCC2)c([N+](=O)[O-])c1. The molecular weight excluding hydrogens is 450 g/mol. The number of nitro benzene ring substituents is 1. The van der Waals surface area contributed by atoms with E-state index in [-0.39, 0.29) is 11.3 Å². The van der Waals surface area contributed by atoms with Crippen LogP contribution in [0, 0.1) is 10.1 Å². The number of carbonyl (C=O) groups is 1. The van der Waals surface area contributed by atoms with Gasteiger partial charge in [0, 0.05) is 35.3 Å². The van der Waals surface area contributed by atoms with E-state index in [2.05, 4.69) is 26.3 Å². The Morgan fingerprint density at radius 2 is 1.97 bits per heavy atom. The fourth-order valence-electron chi connectivity index (χ4n) is 3.60. The van der Waals surface area contributed by atoms with Gasteiger partial charge in [0.05, 0.1) is 17.7 Å². The van der Waals surface area contributed by atoms with E-state index in [9.17, 15) is 14.9 Å². The summed E-state index contributed by atoms with van der Waals surface area (Å²) >= 11 is 3.45. The molecule has 1 saturated heterocycles. The summed E-state index contributed by atoms with van der Waals surface area (Å²) in [6, 6.07) is 14.2. The lowest BCUT2D eigenvalue weighted by Gasteiger charge is -2.18. The average Bonchev–Trinajstić information content (AvgIpc) is 3.40. The molecule has 1 N–H and O–H groups in total. The number of anilines is 2. The minimum atomic E-state index is -0.429. The maximum Gasteiger partial charge on any atom is 0.293 e. The Balaban J connectivity index is 1.54. The van der Waals surface area contributed by atoms with Gasteiger partial charge in [0.25, 0.3) is 11.6 Å². The summed E-state index contributed by atoms with van der Waals surface area (Å²) in [5.74, 6) is 0.105. The van der Waals surface area contributed by atoms with Crippen molar-refractivity contribution in [3.63, 3.8) is 0 Å². The number of aromatic nitrogens is 2. The normalized spacial score (nSPS) is 13.4. The average molecular weight is 470 g/mol. The highest BCUT2D eigenvalue weighted by molar-refractivity contribution is 9.10. The zero-order valence-corrected chi connectivity index (χ0v) is 17.7. The van der Waals surface area contributed by atoms with E-state index >= 15 is 0 Å². The molecule has 0 bridgehead atoms. The van der Waals surface area contributed by atoms with Crippen molar-refractivity contribution < 1.29 is 9.72 Å². The minimum absolute atomic E-state index is 0.0489. The highest BCUT2D eigenvalue weighted by atomic mass is 79.9. The van der Waals surface area contributed by atoms with Crippen LogP contribution >= 0.6 is 15.9 Å². The minimum Gasteiger partial charge on any atom is -0.366 e. The van der Waals surface area contributed by atoms with E-state index in [0.717, 1.165) is 36.0 Å². The van der Waals surface area contributed by atoms with Gasteiger partial charge in [-0.25, -0.2) is 4.68 Å². The van der Waals surface area contributed by atoms with E-state index in [1.165, 1.54) is 6.07 Å². The highest BCUT2D eigenvalue weighted by Crippen LogP contribution is 2.32. The summed E-state index contributed by atoms with van der Waals surface area (Å²) in [6.07, 6.45) is 3.63. The summed E-state index contributed by atoms with van der Waals surface area (Å²) in [4.78, 5) is 25.9. The maximum absolute atomic E-state index is 12.8. The van der Waals surface area contributed by atoms with Crippen LogP contribution in [-0.2, 0) is 6.54 Å². The summed E-state index contributed by atoms with van der Waals surface area (Å²) in [6.45, 7) is 2.07. The molecule has 30 heavy (non-hydrogen) atoms. The molecule has 1 amide bonds. The number of carbonyl (C=O) groups excluding carboxylic acids is 1. The van der Waals surface area contributed by atoms with Crippen LogP contribution in [-0.4, -0.2) is 33.7 Å². The molecule has 0 radical (unpaired) electrons. The molecule has 2 heterocycles. The number of halogens is 1. The van der Waals surface area contributed by atoms with Crippen LogP contribution in [0.5, 0.6) is 0 Å². The zero-order chi connectivity index (χ0) is 21.1. The Bertz CT molecular complexity index is 1090. The Morgan fingerprint density at radius 1 is 1.17 bits per heavy atom. The first kappa shape index (κ1) is 20.1. The van der Waals surface area contributed by atoms with Gasteiger partial charge in [0.1, 0.15) is 11.5 Å². The van der Waals surface area contributed by atoms with E-state index in [1.54, 1.807) is 29.1 Å². The van der Waals surface area contributed by atoms with Gasteiger partial charge in [-0.05, 0) is 42.7 Å². The van der Waals surface area contributed by atoms with Gasteiger partial charge in [0.15, 0.2) is 0 Å². The quantitative estimate of drug-likeness (QED) is 0.424. The second-order valence-electron chi connectivity index (χ2n) is 7.11. The number of nitrogens with zero attached hydrogens (tertiary/aromatic N) is 4. The first-order valence-electron chi connectivity index (χ1n) is 9.62. The molecule has 1 aromatic heterocycles. The molecule has 9 heteroatoms. The van der Waals surface area contributed by atoms with Gasteiger partial charge in [-0.1, -0.05) is 28.1 Å². The highest BCUT2D eigenvalue weighted by Gasteiger charge is 2.24. The lowest BCUT2D eigenvalue weighted by atomic mass is 10.1. The van der Waals surface area contributed by atoms with Gasteiger partial charge >= 0.3 is 0 Å². The Labute approximate surface area is 181 Å². The largest absolute Gasteiger partial charge is 0.366 e. The van der Waals surface area contributed by atoms with Gasteiger partial charge in [0.2, 0.25) is 0 Å². The summed E-state index contributed by atoms with van der Waals surface area (Å²) in [5, 5.41) is 18.7. The third-order valence-electron chi connectivity index (χ3n) is 5.06. The van der Waals surface area contributed by atoms with E-state index in [0.29, 0.717) is 18.1 Å². The fraction of sp³-hybridized carbons (Fsp3) is 0.238. The van der Waals surface area contributed by atoms with Crippen LogP contribution < -0.4 is 10.2 Å². The summed E-state index contributed by atoms with van der Waals surface area (Å²) in [5.41, 5.74) is 1.77. The second-order valence-corrected chi connectivity index (χ2v) is 8.03.